The molecule has 1 aliphatic rings. The minimum absolute atomic E-state index is 0.642. The van der Waals surface area contributed by atoms with Crippen molar-refractivity contribution in [3.8, 4) is 0 Å². The SMILES string of the molecule is CN(C(=S)CCc1nnnn1C)C1CCCCC1. The molecule has 6 heteroatoms. The van der Waals surface area contributed by atoms with Crippen LogP contribution in [0.1, 0.15) is 44.3 Å². The van der Waals surface area contributed by atoms with Crippen LogP contribution in [0.4, 0.5) is 0 Å². The van der Waals surface area contributed by atoms with Crippen LogP contribution in [-0.4, -0.2) is 43.2 Å². The summed E-state index contributed by atoms with van der Waals surface area (Å²) in [6.45, 7) is 0. The monoisotopic (exact) mass is 267 g/mol. The fourth-order valence-electron chi connectivity index (χ4n) is 2.53. The maximum Gasteiger partial charge on any atom is 0.151 e. The largest absolute Gasteiger partial charge is 0.366 e. The molecule has 0 amide bonds. The molecule has 1 aromatic heterocycles. The summed E-state index contributed by atoms with van der Waals surface area (Å²) < 4.78 is 1.71. The van der Waals surface area contributed by atoms with Gasteiger partial charge < -0.3 is 4.90 Å². The van der Waals surface area contributed by atoms with Crippen molar-refractivity contribution in [2.45, 2.75) is 51.0 Å². The van der Waals surface area contributed by atoms with Crippen LogP contribution in [0, 0.1) is 0 Å². The van der Waals surface area contributed by atoms with Gasteiger partial charge in [-0.25, -0.2) is 4.68 Å². The number of thiocarbonyl (C=S) groups is 1. The van der Waals surface area contributed by atoms with Crippen molar-refractivity contribution in [2.75, 3.05) is 7.05 Å². The van der Waals surface area contributed by atoms with Crippen LogP contribution in [0.2, 0.25) is 0 Å². The Balaban J connectivity index is 1.82. The normalized spacial score (nSPS) is 16.8. The van der Waals surface area contributed by atoms with Crippen LogP contribution in [-0.2, 0) is 13.5 Å². The van der Waals surface area contributed by atoms with Gasteiger partial charge in [0.15, 0.2) is 5.82 Å². The molecule has 0 bridgehead atoms. The Morgan fingerprint density at radius 2 is 2.11 bits per heavy atom. The van der Waals surface area contributed by atoms with Gasteiger partial charge in [-0.2, -0.15) is 0 Å². The molecule has 1 aromatic rings. The first-order valence-electron chi connectivity index (χ1n) is 6.65. The minimum Gasteiger partial charge on any atom is -0.366 e. The van der Waals surface area contributed by atoms with E-state index in [1.165, 1.54) is 32.1 Å². The second-order valence-electron chi connectivity index (χ2n) is 5.02. The predicted octanol–water partition coefficient (Wildman–Crippen LogP) is 1.73. The summed E-state index contributed by atoms with van der Waals surface area (Å²) in [6, 6.07) is 0.642. The third kappa shape index (κ3) is 3.25. The van der Waals surface area contributed by atoms with Crippen molar-refractivity contribution >= 4 is 17.2 Å². The van der Waals surface area contributed by atoms with Gasteiger partial charge in [0.05, 0.1) is 4.99 Å². The quantitative estimate of drug-likeness (QED) is 0.778. The zero-order chi connectivity index (χ0) is 13.0. The Hall–Kier alpha value is -1.04. The third-order valence-corrected chi connectivity index (χ3v) is 4.28. The van der Waals surface area contributed by atoms with E-state index in [2.05, 4.69) is 27.5 Å². The second-order valence-corrected chi connectivity index (χ2v) is 5.49. The van der Waals surface area contributed by atoms with Crippen LogP contribution in [0.15, 0.2) is 0 Å². The maximum atomic E-state index is 5.52. The molecule has 0 N–H and O–H groups in total. The summed E-state index contributed by atoms with van der Waals surface area (Å²) >= 11 is 5.52. The lowest BCUT2D eigenvalue weighted by Gasteiger charge is -2.33. The lowest BCUT2D eigenvalue weighted by molar-refractivity contribution is 0.278. The van der Waals surface area contributed by atoms with E-state index in [1.54, 1.807) is 4.68 Å². The number of aromatic nitrogens is 4. The zero-order valence-electron chi connectivity index (χ0n) is 11.2. The van der Waals surface area contributed by atoms with Crippen LogP contribution in [0.3, 0.4) is 0 Å². The molecular formula is C12H21N5S. The lowest BCUT2D eigenvalue weighted by Crippen LogP contribution is -2.37. The van der Waals surface area contributed by atoms with Crippen LogP contribution < -0.4 is 0 Å². The summed E-state index contributed by atoms with van der Waals surface area (Å²) in [5.74, 6) is 0.898. The predicted molar refractivity (Wildman–Crippen MR) is 74.4 cm³/mol. The van der Waals surface area contributed by atoms with E-state index in [4.69, 9.17) is 12.2 Å². The van der Waals surface area contributed by atoms with Crippen molar-refractivity contribution in [3.05, 3.63) is 5.82 Å². The Kier molecular flexibility index (Phi) is 4.63. The van der Waals surface area contributed by atoms with Gasteiger partial charge in [-0.1, -0.05) is 31.5 Å². The molecule has 0 atom stereocenters. The Morgan fingerprint density at radius 3 is 2.72 bits per heavy atom. The van der Waals surface area contributed by atoms with E-state index in [0.717, 1.165) is 23.7 Å². The molecule has 0 spiro atoms. The van der Waals surface area contributed by atoms with E-state index in [1.807, 2.05) is 7.05 Å². The first-order valence-corrected chi connectivity index (χ1v) is 7.06. The van der Waals surface area contributed by atoms with Crippen LogP contribution in [0.5, 0.6) is 0 Å². The van der Waals surface area contributed by atoms with Crippen molar-refractivity contribution in [3.63, 3.8) is 0 Å². The van der Waals surface area contributed by atoms with E-state index < -0.39 is 0 Å². The van der Waals surface area contributed by atoms with E-state index >= 15 is 0 Å². The van der Waals surface area contributed by atoms with Gasteiger partial charge in [0, 0.05) is 33.0 Å². The summed E-state index contributed by atoms with van der Waals surface area (Å²) in [5, 5.41) is 11.5. The van der Waals surface area contributed by atoms with E-state index in [-0.39, 0.29) is 0 Å². The van der Waals surface area contributed by atoms with Crippen LogP contribution >= 0.6 is 12.2 Å². The highest BCUT2D eigenvalue weighted by Crippen LogP contribution is 2.22. The van der Waals surface area contributed by atoms with Gasteiger partial charge in [0.1, 0.15) is 0 Å². The number of rotatable bonds is 4. The topological polar surface area (TPSA) is 46.8 Å². The Bertz CT molecular complexity index is 397. The fraction of sp³-hybridized carbons (Fsp3) is 0.833. The van der Waals surface area contributed by atoms with E-state index in [0.29, 0.717) is 6.04 Å². The molecule has 100 valence electrons. The number of hydrogen-bond acceptors (Lipinski definition) is 4. The number of nitrogens with zero attached hydrogens (tertiary/aromatic N) is 5. The average molecular weight is 267 g/mol. The molecule has 0 saturated heterocycles. The summed E-state index contributed by atoms with van der Waals surface area (Å²) in [4.78, 5) is 3.32. The molecule has 18 heavy (non-hydrogen) atoms. The van der Waals surface area contributed by atoms with Gasteiger partial charge in [-0.3, -0.25) is 0 Å². The molecule has 1 heterocycles. The summed E-state index contributed by atoms with van der Waals surface area (Å²) in [5.41, 5.74) is 0. The maximum absolute atomic E-state index is 5.52. The number of tetrazole rings is 1. The Morgan fingerprint density at radius 1 is 1.39 bits per heavy atom. The Labute approximate surface area is 114 Å². The fourth-order valence-corrected chi connectivity index (χ4v) is 2.78. The molecule has 0 aliphatic heterocycles. The van der Waals surface area contributed by atoms with Crippen molar-refractivity contribution < 1.29 is 0 Å². The lowest BCUT2D eigenvalue weighted by atomic mass is 9.94. The van der Waals surface area contributed by atoms with Gasteiger partial charge in [0.25, 0.3) is 0 Å². The van der Waals surface area contributed by atoms with E-state index in [9.17, 15) is 0 Å². The standard InChI is InChI=1S/C12H21N5S/c1-16(10-6-4-3-5-7-10)12(18)9-8-11-13-14-15-17(11)2/h10H,3-9H2,1-2H3. The summed E-state index contributed by atoms with van der Waals surface area (Å²) in [6.07, 6.45) is 8.29. The van der Waals surface area contributed by atoms with Gasteiger partial charge in [-0.05, 0) is 23.3 Å². The molecule has 1 aliphatic carbocycles. The van der Waals surface area contributed by atoms with Crippen molar-refractivity contribution in [2.24, 2.45) is 7.05 Å². The third-order valence-electron chi connectivity index (χ3n) is 3.79. The second kappa shape index (κ2) is 6.22. The molecular weight excluding hydrogens is 246 g/mol. The molecule has 1 fully saturated rings. The molecule has 5 nitrogen and oxygen atoms in total. The highest BCUT2D eigenvalue weighted by atomic mass is 32.1. The summed E-state index contributed by atoms with van der Waals surface area (Å²) in [7, 11) is 4.00. The molecule has 0 aromatic carbocycles. The molecule has 0 unspecified atom stereocenters. The van der Waals surface area contributed by atoms with Gasteiger partial charge in [-0.15, -0.1) is 5.10 Å². The smallest absolute Gasteiger partial charge is 0.151 e. The first kappa shape index (κ1) is 13.4. The van der Waals surface area contributed by atoms with Gasteiger partial charge in [0.2, 0.25) is 0 Å². The first-order chi connectivity index (χ1) is 8.68. The number of hydrogen-bond donors (Lipinski definition) is 0. The van der Waals surface area contributed by atoms with Gasteiger partial charge >= 0.3 is 0 Å². The number of aryl methyl sites for hydroxylation is 2. The molecule has 1 saturated carbocycles. The molecule has 2 rings (SSSR count). The minimum atomic E-state index is 0.642. The highest BCUT2D eigenvalue weighted by Gasteiger charge is 2.19. The average Bonchev–Trinajstić information content (AvgIpc) is 2.81. The highest BCUT2D eigenvalue weighted by molar-refractivity contribution is 7.80. The van der Waals surface area contributed by atoms with Crippen LogP contribution in [0.25, 0.3) is 0 Å². The van der Waals surface area contributed by atoms with Crippen molar-refractivity contribution in [1.82, 2.24) is 25.1 Å². The van der Waals surface area contributed by atoms with Crippen molar-refractivity contribution in [1.29, 1.82) is 0 Å². The molecule has 0 radical (unpaired) electrons. The zero-order valence-corrected chi connectivity index (χ0v) is 12.0.